The molecule has 0 unspecified atom stereocenters. The molecule has 1 aromatic heterocycles. The summed E-state index contributed by atoms with van der Waals surface area (Å²) in [7, 11) is 0. The van der Waals surface area contributed by atoms with E-state index < -0.39 is 11.7 Å². The van der Waals surface area contributed by atoms with Gasteiger partial charge in [-0.15, -0.1) is 5.10 Å². The normalized spacial score (nSPS) is 10.6. The first-order valence-electron chi connectivity index (χ1n) is 7.36. The zero-order chi connectivity index (χ0) is 18.7. The van der Waals surface area contributed by atoms with Gasteiger partial charge >= 0.3 is 0 Å². The Labute approximate surface area is 157 Å². The Morgan fingerprint density at radius 1 is 1.23 bits per heavy atom. The van der Waals surface area contributed by atoms with Crippen molar-refractivity contribution in [1.29, 1.82) is 0 Å². The lowest BCUT2D eigenvalue weighted by molar-refractivity contribution is -0.118. The van der Waals surface area contributed by atoms with E-state index in [1.54, 1.807) is 19.1 Å². The van der Waals surface area contributed by atoms with Crippen molar-refractivity contribution in [2.75, 3.05) is 11.9 Å². The maximum atomic E-state index is 14.0. The lowest BCUT2D eigenvalue weighted by atomic mass is 10.2. The Morgan fingerprint density at radius 3 is 2.73 bits per heavy atom. The molecule has 1 amide bonds. The summed E-state index contributed by atoms with van der Waals surface area (Å²) < 4.78 is 20.6. The van der Waals surface area contributed by atoms with Crippen molar-refractivity contribution in [3.8, 4) is 11.4 Å². The van der Waals surface area contributed by atoms with Gasteiger partial charge in [-0.05, 0) is 47.7 Å². The number of anilines is 1. The van der Waals surface area contributed by atoms with Gasteiger partial charge in [0.25, 0.3) is 5.91 Å². The van der Waals surface area contributed by atoms with E-state index in [-0.39, 0.29) is 12.3 Å². The third-order valence-electron chi connectivity index (χ3n) is 3.34. The first kappa shape index (κ1) is 18.1. The van der Waals surface area contributed by atoms with Crippen LogP contribution in [0.5, 0.6) is 5.75 Å². The second kappa shape index (κ2) is 7.67. The summed E-state index contributed by atoms with van der Waals surface area (Å²) in [4.78, 5) is 12.1. The number of nitrogens with zero attached hydrogens (tertiary/aromatic N) is 4. The first-order valence-corrected chi connectivity index (χ1v) is 8.12. The number of hydrogen-bond donors (Lipinski definition) is 1. The van der Waals surface area contributed by atoms with E-state index in [1.165, 1.54) is 28.9 Å². The molecule has 134 valence electrons. The number of benzene rings is 2. The lowest BCUT2D eigenvalue weighted by Gasteiger charge is -2.10. The van der Waals surface area contributed by atoms with Crippen LogP contribution in [0.3, 0.4) is 0 Å². The summed E-state index contributed by atoms with van der Waals surface area (Å²) in [5.74, 6) is -0.137. The maximum absolute atomic E-state index is 14.0. The van der Waals surface area contributed by atoms with E-state index in [1.807, 2.05) is 0 Å². The fourth-order valence-corrected chi connectivity index (χ4v) is 2.41. The van der Waals surface area contributed by atoms with Gasteiger partial charge in [0.2, 0.25) is 0 Å². The Kier molecular flexibility index (Phi) is 5.34. The first-order chi connectivity index (χ1) is 12.4. The number of halogens is 3. The van der Waals surface area contributed by atoms with Gasteiger partial charge < -0.3 is 10.1 Å². The van der Waals surface area contributed by atoms with Gasteiger partial charge in [0, 0.05) is 11.8 Å². The predicted molar refractivity (Wildman–Crippen MR) is 94.4 cm³/mol. The second-order valence-corrected chi connectivity index (χ2v) is 6.03. The molecule has 1 N–H and O–H groups in total. The van der Waals surface area contributed by atoms with E-state index in [0.717, 1.165) is 0 Å². The highest BCUT2D eigenvalue weighted by Crippen LogP contribution is 2.26. The zero-order valence-corrected chi connectivity index (χ0v) is 14.9. The van der Waals surface area contributed by atoms with Gasteiger partial charge in [-0.25, -0.2) is 4.39 Å². The molecule has 0 spiro atoms. The van der Waals surface area contributed by atoms with Gasteiger partial charge in [-0.1, -0.05) is 23.2 Å². The molecular weight excluding hydrogens is 384 g/mol. The highest BCUT2D eigenvalue weighted by Gasteiger charge is 2.12. The average molecular weight is 396 g/mol. The molecule has 0 fully saturated rings. The van der Waals surface area contributed by atoms with Gasteiger partial charge in [0.1, 0.15) is 17.3 Å². The molecule has 0 radical (unpaired) electrons. The summed E-state index contributed by atoms with van der Waals surface area (Å²) in [5, 5.41) is 14.2. The molecule has 3 rings (SSSR count). The molecule has 7 nitrogen and oxygen atoms in total. The third-order valence-corrected chi connectivity index (χ3v) is 4.08. The quantitative estimate of drug-likeness (QED) is 0.715. The fourth-order valence-electron chi connectivity index (χ4n) is 2.12. The van der Waals surface area contributed by atoms with E-state index in [0.29, 0.717) is 27.3 Å². The topological polar surface area (TPSA) is 81.9 Å². The van der Waals surface area contributed by atoms with Crippen molar-refractivity contribution >= 4 is 34.8 Å². The molecule has 0 aliphatic rings. The van der Waals surface area contributed by atoms with E-state index >= 15 is 0 Å². The largest absolute Gasteiger partial charge is 0.484 e. The Bertz CT molecular complexity index is 964. The summed E-state index contributed by atoms with van der Waals surface area (Å²) in [5.41, 5.74) is 0.495. The molecule has 26 heavy (non-hydrogen) atoms. The van der Waals surface area contributed by atoms with Crippen molar-refractivity contribution in [3.05, 3.63) is 58.1 Å². The van der Waals surface area contributed by atoms with Crippen LogP contribution < -0.4 is 10.1 Å². The highest BCUT2D eigenvalue weighted by molar-refractivity contribution is 6.42. The Morgan fingerprint density at radius 2 is 2.04 bits per heavy atom. The smallest absolute Gasteiger partial charge is 0.262 e. The third kappa shape index (κ3) is 4.09. The molecule has 0 aliphatic heterocycles. The molecule has 2 aromatic carbocycles. The number of nitrogens with one attached hydrogen (secondary N) is 1. The van der Waals surface area contributed by atoms with Crippen LogP contribution >= 0.6 is 23.2 Å². The summed E-state index contributed by atoms with van der Waals surface area (Å²) in [6, 6.07) is 8.74. The van der Waals surface area contributed by atoms with Crippen molar-refractivity contribution in [1.82, 2.24) is 20.2 Å². The van der Waals surface area contributed by atoms with Crippen LogP contribution in [0.1, 0.15) is 5.82 Å². The van der Waals surface area contributed by atoms with Crippen molar-refractivity contribution in [2.45, 2.75) is 6.92 Å². The highest BCUT2D eigenvalue weighted by atomic mass is 35.5. The van der Waals surface area contributed by atoms with Gasteiger partial charge in [0.05, 0.1) is 10.0 Å². The van der Waals surface area contributed by atoms with E-state index in [2.05, 4.69) is 20.8 Å². The number of aryl methyl sites for hydroxylation is 1. The van der Waals surface area contributed by atoms with Crippen molar-refractivity contribution in [2.24, 2.45) is 0 Å². The van der Waals surface area contributed by atoms with Crippen LogP contribution in [0.4, 0.5) is 10.1 Å². The molecule has 10 heteroatoms. The number of hydrogen-bond acceptors (Lipinski definition) is 5. The molecule has 0 aliphatic carbocycles. The molecule has 1 heterocycles. The van der Waals surface area contributed by atoms with Crippen LogP contribution in [0.25, 0.3) is 5.69 Å². The van der Waals surface area contributed by atoms with Crippen molar-refractivity contribution in [3.63, 3.8) is 0 Å². The molecule has 0 bridgehead atoms. The number of aromatic nitrogens is 4. The van der Waals surface area contributed by atoms with Gasteiger partial charge in [-0.2, -0.15) is 4.68 Å². The number of carbonyl (C=O) groups is 1. The standard InChI is InChI=1S/C16H12Cl2FN5O2/c1-9-21-22-23-24(9)15-6-10(2-5-14(15)19)20-16(25)8-26-11-3-4-12(17)13(18)7-11/h2-7H,8H2,1H3,(H,20,25). The number of tetrazole rings is 1. The molecule has 0 saturated heterocycles. The lowest BCUT2D eigenvalue weighted by Crippen LogP contribution is -2.20. The van der Waals surface area contributed by atoms with Gasteiger partial charge in [-0.3, -0.25) is 4.79 Å². The number of ether oxygens (including phenoxy) is 1. The van der Waals surface area contributed by atoms with E-state index in [9.17, 15) is 9.18 Å². The fraction of sp³-hybridized carbons (Fsp3) is 0.125. The Hall–Kier alpha value is -2.71. The monoisotopic (exact) mass is 395 g/mol. The second-order valence-electron chi connectivity index (χ2n) is 5.22. The molecule has 3 aromatic rings. The molecular formula is C16H12Cl2FN5O2. The minimum Gasteiger partial charge on any atom is -0.484 e. The predicted octanol–water partition coefficient (Wildman–Crippen LogP) is 3.43. The number of carbonyl (C=O) groups excluding carboxylic acids is 1. The Balaban J connectivity index is 1.68. The summed E-state index contributed by atoms with van der Waals surface area (Å²) >= 11 is 11.7. The van der Waals surface area contributed by atoms with Crippen LogP contribution in [0.2, 0.25) is 10.0 Å². The average Bonchev–Trinajstić information content (AvgIpc) is 3.03. The summed E-state index contributed by atoms with van der Waals surface area (Å²) in [6.45, 7) is 1.38. The van der Waals surface area contributed by atoms with Crippen molar-refractivity contribution < 1.29 is 13.9 Å². The zero-order valence-electron chi connectivity index (χ0n) is 13.4. The molecule has 0 saturated carbocycles. The number of amides is 1. The van der Waals surface area contributed by atoms with Crippen LogP contribution in [-0.2, 0) is 4.79 Å². The van der Waals surface area contributed by atoms with Crippen LogP contribution in [0, 0.1) is 12.7 Å². The van der Waals surface area contributed by atoms with Crippen LogP contribution in [-0.4, -0.2) is 32.7 Å². The van der Waals surface area contributed by atoms with Gasteiger partial charge in [0.15, 0.2) is 12.4 Å². The SMILES string of the molecule is Cc1nnnn1-c1cc(NC(=O)COc2ccc(Cl)c(Cl)c2)ccc1F. The molecule has 0 atom stereocenters. The number of rotatable bonds is 5. The minimum absolute atomic E-state index is 0.121. The minimum atomic E-state index is -0.523. The maximum Gasteiger partial charge on any atom is 0.262 e. The van der Waals surface area contributed by atoms with Crippen LogP contribution in [0.15, 0.2) is 36.4 Å². The summed E-state index contributed by atoms with van der Waals surface area (Å²) in [6.07, 6.45) is 0. The van der Waals surface area contributed by atoms with E-state index in [4.69, 9.17) is 27.9 Å².